The molecule has 0 radical (unpaired) electrons. The van der Waals surface area contributed by atoms with Crippen LogP contribution in [0, 0.1) is 6.92 Å². The summed E-state index contributed by atoms with van der Waals surface area (Å²) in [7, 11) is 0. The average Bonchev–Trinajstić information content (AvgIpc) is 2.18. The predicted octanol–water partition coefficient (Wildman–Crippen LogP) is 2.33. The van der Waals surface area contributed by atoms with E-state index in [4.69, 9.17) is 4.74 Å². The first kappa shape index (κ1) is 12.2. The highest BCUT2D eigenvalue weighted by Crippen LogP contribution is 2.08. The fraction of sp³-hybridized carbons (Fsp3) is 0.538. The van der Waals surface area contributed by atoms with Gasteiger partial charge in [0.2, 0.25) is 0 Å². The Morgan fingerprint density at radius 2 is 2.20 bits per heavy atom. The molecule has 2 nitrogen and oxygen atoms in total. The normalized spacial score (nSPS) is 12.7. The molecule has 0 heterocycles. The van der Waals surface area contributed by atoms with E-state index in [0.717, 1.165) is 13.0 Å². The second kappa shape index (κ2) is 6.59. The summed E-state index contributed by atoms with van der Waals surface area (Å²) in [5.41, 5.74) is 2.43. The highest BCUT2D eigenvalue weighted by molar-refractivity contribution is 5.22. The number of ether oxygens (including phenoxy) is 1. The Bertz CT molecular complexity index is 284. The van der Waals surface area contributed by atoms with Crippen molar-refractivity contribution in [2.45, 2.75) is 32.8 Å². The van der Waals surface area contributed by atoms with Crippen LogP contribution in [0.2, 0.25) is 0 Å². The van der Waals surface area contributed by atoms with Gasteiger partial charge >= 0.3 is 0 Å². The van der Waals surface area contributed by atoms with Crippen molar-refractivity contribution in [3.63, 3.8) is 0 Å². The minimum absolute atomic E-state index is 0.293. The van der Waals surface area contributed by atoms with E-state index in [1.54, 1.807) is 0 Å². The molecule has 0 aromatic heterocycles. The second-order valence-corrected chi connectivity index (χ2v) is 3.83. The van der Waals surface area contributed by atoms with Crippen LogP contribution in [-0.4, -0.2) is 24.4 Å². The molecular weight excluding hydrogens is 188 g/mol. The lowest BCUT2D eigenvalue weighted by Crippen LogP contribution is -2.13. The molecule has 1 N–H and O–H groups in total. The summed E-state index contributed by atoms with van der Waals surface area (Å²) >= 11 is 0. The van der Waals surface area contributed by atoms with Gasteiger partial charge in [-0.15, -0.1) is 0 Å². The molecule has 15 heavy (non-hydrogen) atoms. The molecular formula is C13H20O2. The van der Waals surface area contributed by atoms with Crippen molar-refractivity contribution in [2.75, 3.05) is 13.2 Å². The Hall–Kier alpha value is -0.860. The molecule has 0 fully saturated rings. The summed E-state index contributed by atoms with van der Waals surface area (Å²) < 4.78 is 5.21. The third kappa shape index (κ3) is 4.96. The van der Waals surface area contributed by atoms with E-state index in [1.165, 1.54) is 11.1 Å². The van der Waals surface area contributed by atoms with Crippen molar-refractivity contribution in [2.24, 2.45) is 0 Å². The third-order valence-corrected chi connectivity index (χ3v) is 2.35. The number of aryl methyl sites for hydroxylation is 1. The summed E-state index contributed by atoms with van der Waals surface area (Å²) in [6, 6.07) is 8.26. The first-order valence-corrected chi connectivity index (χ1v) is 5.53. The lowest BCUT2D eigenvalue weighted by Gasteiger charge is -2.10. The summed E-state index contributed by atoms with van der Waals surface area (Å²) in [4.78, 5) is 0. The molecule has 0 saturated carbocycles. The van der Waals surface area contributed by atoms with Crippen LogP contribution in [-0.2, 0) is 11.2 Å². The van der Waals surface area contributed by atoms with Gasteiger partial charge in [-0.2, -0.15) is 0 Å². The van der Waals surface area contributed by atoms with Crippen LogP contribution in [0.4, 0.5) is 0 Å². The largest absolute Gasteiger partial charge is 0.393 e. The van der Waals surface area contributed by atoms with Crippen molar-refractivity contribution >= 4 is 0 Å². The maximum atomic E-state index is 9.74. The van der Waals surface area contributed by atoms with Gasteiger partial charge in [0.15, 0.2) is 0 Å². The van der Waals surface area contributed by atoms with E-state index in [1.807, 2.05) is 13.0 Å². The number of aliphatic hydroxyl groups excluding tert-OH is 1. The number of rotatable bonds is 6. The highest BCUT2D eigenvalue weighted by atomic mass is 16.5. The first-order valence-electron chi connectivity index (χ1n) is 5.53. The van der Waals surface area contributed by atoms with Crippen LogP contribution in [0.25, 0.3) is 0 Å². The number of hydrogen-bond acceptors (Lipinski definition) is 2. The van der Waals surface area contributed by atoms with E-state index in [-0.39, 0.29) is 6.10 Å². The zero-order chi connectivity index (χ0) is 11.1. The molecule has 0 aliphatic rings. The van der Waals surface area contributed by atoms with Crippen molar-refractivity contribution in [1.29, 1.82) is 0 Å². The summed E-state index contributed by atoms with van der Waals surface area (Å²) in [5.74, 6) is 0. The minimum atomic E-state index is -0.293. The van der Waals surface area contributed by atoms with Gasteiger partial charge < -0.3 is 9.84 Å². The lowest BCUT2D eigenvalue weighted by molar-refractivity contribution is 0.0887. The number of hydrogen-bond donors (Lipinski definition) is 1. The molecule has 1 atom stereocenters. The van der Waals surface area contributed by atoms with Crippen LogP contribution in [0.5, 0.6) is 0 Å². The maximum absolute atomic E-state index is 9.74. The van der Waals surface area contributed by atoms with E-state index in [2.05, 4.69) is 25.1 Å². The molecule has 1 rings (SSSR count). The van der Waals surface area contributed by atoms with Gasteiger partial charge in [0.1, 0.15) is 0 Å². The Morgan fingerprint density at radius 3 is 2.87 bits per heavy atom. The number of aliphatic hydroxyl groups is 1. The Morgan fingerprint density at radius 1 is 1.40 bits per heavy atom. The summed E-state index contributed by atoms with van der Waals surface area (Å²) in [6.45, 7) is 5.39. The summed E-state index contributed by atoms with van der Waals surface area (Å²) in [6.07, 6.45) is 1.13. The van der Waals surface area contributed by atoms with Crippen molar-refractivity contribution < 1.29 is 9.84 Å². The minimum Gasteiger partial charge on any atom is -0.393 e. The smallest absolute Gasteiger partial charge is 0.0602 e. The molecule has 2 heteroatoms. The molecule has 0 bridgehead atoms. The van der Waals surface area contributed by atoms with Gasteiger partial charge in [-0.3, -0.25) is 0 Å². The van der Waals surface area contributed by atoms with E-state index in [0.29, 0.717) is 13.0 Å². The van der Waals surface area contributed by atoms with Gasteiger partial charge in [0.25, 0.3) is 0 Å². The van der Waals surface area contributed by atoms with Crippen LogP contribution >= 0.6 is 0 Å². The van der Waals surface area contributed by atoms with E-state index < -0.39 is 0 Å². The standard InChI is InChI=1S/C13H20O2/c1-3-15-8-7-13(14)10-12-6-4-5-11(2)9-12/h4-6,9,13-14H,3,7-8,10H2,1-2H3. The molecule has 0 spiro atoms. The third-order valence-electron chi connectivity index (χ3n) is 2.35. The maximum Gasteiger partial charge on any atom is 0.0602 e. The van der Waals surface area contributed by atoms with E-state index in [9.17, 15) is 5.11 Å². The molecule has 0 aliphatic carbocycles. The Balaban J connectivity index is 2.34. The van der Waals surface area contributed by atoms with Crippen LogP contribution < -0.4 is 0 Å². The quantitative estimate of drug-likeness (QED) is 0.727. The van der Waals surface area contributed by atoms with Crippen molar-refractivity contribution in [3.05, 3.63) is 35.4 Å². The monoisotopic (exact) mass is 208 g/mol. The first-order chi connectivity index (χ1) is 7.22. The lowest BCUT2D eigenvalue weighted by atomic mass is 10.0. The van der Waals surface area contributed by atoms with Gasteiger partial charge in [-0.05, 0) is 32.3 Å². The zero-order valence-electron chi connectivity index (χ0n) is 9.57. The fourth-order valence-electron chi connectivity index (χ4n) is 1.58. The van der Waals surface area contributed by atoms with Gasteiger partial charge in [0, 0.05) is 13.2 Å². The SMILES string of the molecule is CCOCCC(O)Cc1cccc(C)c1. The molecule has 0 saturated heterocycles. The van der Waals surface area contributed by atoms with Gasteiger partial charge in [0.05, 0.1) is 6.10 Å². The van der Waals surface area contributed by atoms with Gasteiger partial charge in [-0.1, -0.05) is 29.8 Å². The second-order valence-electron chi connectivity index (χ2n) is 3.83. The van der Waals surface area contributed by atoms with Crippen LogP contribution in [0.15, 0.2) is 24.3 Å². The van der Waals surface area contributed by atoms with Gasteiger partial charge in [-0.25, -0.2) is 0 Å². The summed E-state index contributed by atoms with van der Waals surface area (Å²) in [5, 5.41) is 9.74. The highest BCUT2D eigenvalue weighted by Gasteiger charge is 2.05. The van der Waals surface area contributed by atoms with Crippen LogP contribution in [0.1, 0.15) is 24.5 Å². The average molecular weight is 208 g/mol. The topological polar surface area (TPSA) is 29.5 Å². The predicted molar refractivity (Wildman–Crippen MR) is 62.0 cm³/mol. The molecule has 0 aliphatic heterocycles. The molecule has 1 aromatic carbocycles. The zero-order valence-corrected chi connectivity index (χ0v) is 9.57. The number of benzene rings is 1. The molecule has 1 aromatic rings. The Kier molecular flexibility index (Phi) is 5.37. The fourth-order valence-corrected chi connectivity index (χ4v) is 1.58. The van der Waals surface area contributed by atoms with Crippen LogP contribution in [0.3, 0.4) is 0 Å². The van der Waals surface area contributed by atoms with Crippen molar-refractivity contribution in [3.8, 4) is 0 Å². The van der Waals surface area contributed by atoms with Crippen molar-refractivity contribution in [1.82, 2.24) is 0 Å². The molecule has 0 amide bonds. The molecule has 1 unspecified atom stereocenters. The van der Waals surface area contributed by atoms with E-state index >= 15 is 0 Å². The molecule has 84 valence electrons. The Labute approximate surface area is 91.9 Å².